The number of nitrogens with one attached hydrogen (secondary N) is 1. The SMILES string of the molecule is COc1cc(CN2C(=O)c3ccccc3C23CCN(c2cc(C(=O)N4CC(C=N)=C(N)C(C)(C)C4)ccn2)CC3)cc(OC)c1. The van der Waals surface area contributed by atoms with Crippen LogP contribution in [0.1, 0.15) is 58.5 Å². The molecule has 1 spiro atoms. The van der Waals surface area contributed by atoms with Crippen LogP contribution in [0.3, 0.4) is 0 Å². The van der Waals surface area contributed by atoms with E-state index in [0.717, 1.165) is 22.5 Å². The Hall–Kier alpha value is -4.86. The molecular weight excluding hydrogens is 568 g/mol. The molecule has 3 aliphatic heterocycles. The number of fused-ring (bicyclic) bond motifs is 2. The Morgan fingerprint density at radius 1 is 1.04 bits per heavy atom. The van der Waals surface area contributed by atoms with E-state index in [-0.39, 0.29) is 11.8 Å². The molecule has 3 aliphatic rings. The summed E-state index contributed by atoms with van der Waals surface area (Å²) in [7, 11) is 3.24. The summed E-state index contributed by atoms with van der Waals surface area (Å²) in [5, 5.41) is 7.79. The Kier molecular flexibility index (Phi) is 7.76. The zero-order valence-corrected chi connectivity index (χ0v) is 26.3. The minimum Gasteiger partial charge on any atom is -0.497 e. The summed E-state index contributed by atoms with van der Waals surface area (Å²) in [6, 6.07) is 17.2. The van der Waals surface area contributed by atoms with E-state index in [9.17, 15) is 9.59 Å². The van der Waals surface area contributed by atoms with E-state index in [4.69, 9.17) is 20.6 Å². The topological polar surface area (TPSA) is 125 Å². The van der Waals surface area contributed by atoms with Crippen molar-refractivity contribution in [1.82, 2.24) is 14.8 Å². The van der Waals surface area contributed by atoms with Gasteiger partial charge in [0.2, 0.25) is 0 Å². The molecule has 10 nitrogen and oxygen atoms in total. The van der Waals surface area contributed by atoms with E-state index in [1.165, 1.54) is 6.21 Å². The van der Waals surface area contributed by atoms with Crippen molar-refractivity contribution in [2.75, 3.05) is 45.3 Å². The average molecular weight is 609 g/mol. The summed E-state index contributed by atoms with van der Waals surface area (Å²) in [4.78, 5) is 38.1. The molecule has 0 radical (unpaired) electrons. The van der Waals surface area contributed by atoms with E-state index >= 15 is 0 Å². The number of carbonyl (C=O) groups excluding carboxylic acids is 2. The zero-order chi connectivity index (χ0) is 31.9. The third-order valence-corrected chi connectivity index (χ3v) is 9.56. The van der Waals surface area contributed by atoms with Crippen molar-refractivity contribution in [2.24, 2.45) is 11.1 Å². The largest absolute Gasteiger partial charge is 0.497 e. The molecule has 234 valence electrons. The summed E-state index contributed by atoms with van der Waals surface area (Å²) >= 11 is 0. The molecule has 1 saturated heterocycles. The van der Waals surface area contributed by atoms with Gasteiger partial charge in [-0.3, -0.25) is 9.59 Å². The van der Waals surface area contributed by atoms with Crippen LogP contribution < -0.4 is 20.1 Å². The van der Waals surface area contributed by atoms with Gasteiger partial charge in [-0.25, -0.2) is 4.98 Å². The molecular formula is C35H40N6O4. The number of piperidine rings is 1. The van der Waals surface area contributed by atoms with Crippen molar-refractivity contribution in [3.8, 4) is 11.5 Å². The predicted octanol–water partition coefficient (Wildman–Crippen LogP) is 4.59. The maximum Gasteiger partial charge on any atom is 0.255 e. The van der Waals surface area contributed by atoms with E-state index in [2.05, 4.69) is 16.0 Å². The van der Waals surface area contributed by atoms with Gasteiger partial charge in [0, 0.05) is 79.0 Å². The van der Waals surface area contributed by atoms with Crippen molar-refractivity contribution in [2.45, 2.75) is 38.8 Å². The third kappa shape index (κ3) is 5.28. The van der Waals surface area contributed by atoms with Gasteiger partial charge < -0.3 is 35.3 Å². The van der Waals surface area contributed by atoms with Crippen LogP contribution in [-0.2, 0) is 12.1 Å². The Labute approximate surface area is 263 Å². The fraction of sp³-hybridized carbons (Fsp3) is 0.371. The fourth-order valence-corrected chi connectivity index (χ4v) is 7.09. The summed E-state index contributed by atoms with van der Waals surface area (Å²) in [5.41, 5.74) is 10.0. The first-order valence-corrected chi connectivity index (χ1v) is 15.2. The molecule has 1 fully saturated rings. The number of amides is 2. The molecule has 10 heteroatoms. The Balaban J connectivity index is 1.24. The second kappa shape index (κ2) is 11.6. The van der Waals surface area contributed by atoms with Crippen molar-refractivity contribution in [3.63, 3.8) is 0 Å². The van der Waals surface area contributed by atoms with Gasteiger partial charge in [-0.2, -0.15) is 0 Å². The number of benzene rings is 2. The molecule has 0 unspecified atom stereocenters. The molecule has 0 bridgehead atoms. The molecule has 1 aromatic heterocycles. The van der Waals surface area contributed by atoms with Crippen LogP contribution in [0.25, 0.3) is 0 Å². The van der Waals surface area contributed by atoms with Crippen molar-refractivity contribution in [1.29, 1.82) is 5.41 Å². The number of rotatable bonds is 7. The molecule has 0 saturated carbocycles. The first-order valence-electron chi connectivity index (χ1n) is 15.2. The van der Waals surface area contributed by atoms with Gasteiger partial charge in [-0.05, 0) is 54.3 Å². The van der Waals surface area contributed by atoms with Crippen molar-refractivity contribution in [3.05, 3.63) is 94.3 Å². The number of pyridine rings is 1. The predicted molar refractivity (Wildman–Crippen MR) is 173 cm³/mol. The van der Waals surface area contributed by atoms with Gasteiger partial charge in [0.15, 0.2) is 0 Å². The van der Waals surface area contributed by atoms with Crippen molar-refractivity contribution >= 4 is 23.8 Å². The standard InChI is InChI=1S/C35H40N6O4/c1-34(2)22-40(21-25(19-36)31(34)37)32(42)24-9-12-38-30(17-24)39-13-10-35(11-14-39)29-8-6-5-7-28(29)33(43)41(35)20-23-15-26(44-3)18-27(16-23)45-4/h5-9,12,15-19,36H,10-11,13-14,20-22,37H2,1-4H3. The Morgan fingerprint density at radius 3 is 2.40 bits per heavy atom. The lowest BCUT2D eigenvalue weighted by Gasteiger charge is -2.46. The van der Waals surface area contributed by atoms with E-state index in [1.54, 1.807) is 31.4 Å². The van der Waals surface area contributed by atoms with Gasteiger partial charge in [0.05, 0.1) is 19.8 Å². The van der Waals surface area contributed by atoms with E-state index < -0.39 is 11.0 Å². The van der Waals surface area contributed by atoms with Gasteiger partial charge in [0.25, 0.3) is 11.8 Å². The van der Waals surface area contributed by atoms with Crippen LogP contribution in [0.4, 0.5) is 5.82 Å². The quantitative estimate of drug-likeness (QED) is 0.376. The number of hydrogen-bond donors (Lipinski definition) is 2. The maximum atomic E-state index is 13.9. The molecule has 3 N–H and O–H groups in total. The number of aromatic nitrogens is 1. The number of nitrogens with zero attached hydrogens (tertiary/aromatic N) is 4. The number of ether oxygens (including phenoxy) is 2. The maximum absolute atomic E-state index is 13.9. The third-order valence-electron chi connectivity index (χ3n) is 9.56. The summed E-state index contributed by atoms with van der Waals surface area (Å²) in [6.07, 6.45) is 4.35. The van der Waals surface area contributed by atoms with Gasteiger partial charge in [-0.15, -0.1) is 0 Å². The second-order valence-electron chi connectivity index (χ2n) is 12.7. The average Bonchev–Trinajstić information content (AvgIpc) is 3.28. The van der Waals surface area contributed by atoms with Crippen LogP contribution in [0.15, 0.2) is 72.1 Å². The summed E-state index contributed by atoms with van der Waals surface area (Å²) in [6.45, 7) is 6.52. The minimum absolute atomic E-state index is 0.0231. The number of nitrogens with two attached hydrogens (primary N) is 1. The molecule has 45 heavy (non-hydrogen) atoms. The molecule has 3 aromatic rings. The van der Waals surface area contributed by atoms with Crippen molar-refractivity contribution < 1.29 is 19.1 Å². The Bertz CT molecular complexity index is 1670. The van der Waals surface area contributed by atoms with Gasteiger partial charge >= 0.3 is 0 Å². The van der Waals surface area contributed by atoms with Crippen LogP contribution in [0.5, 0.6) is 11.5 Å². The highest BCUT2D eigenvalue weighted by Crippen LogP contribution is 2.47. The summed E-state index contributed by atoms with van der Waals surface area (Å²) in [5.74, 6) is 2.01. The fourth-order valence-electron chi connectivity index (χ4n) is 7.09. The first-order chi connectivity index (χ1) is 21.6. The summed E-state index contributed by atoms with van der Waals surface area (Å²) < 4.78 is 11.0. The molecule has 2 aromatic carbocycles. The highest BCUT2D eigenvalue weighted by atomic mass is 16.5. The highest BCUT2D eigenvalue weighted by molar-refractivity contribution is 6.00. The van der Waals surface area contributed by atoms with Gasteiger partial charge in [0.1, 0.15) is 17.3 Å². The van der Waals surface area contributed by atoms with Crippen LogP contribution in [-0.4, -0.2) is 73.2 Å². The molecule has 2 amide bonds. The lowest BCUT2D eigenvalue weighted by atomic mass is 9.80. The van der Waals surface area contributed by atoms with Gasteiger partial charge in [-0.1, -0.05) is 32.0 Å². The number of methoxy groups -OCH3 is 2. The lowest BCUT2D eigenvalue weighted by molar-refractivity contribution is 0.0433. The Morgan fingerprint density at radius 2 is 1.73 bits per heavy atom. The molecule has 0 atom stereocenters. The molecule has 4 heterocycles. The van der Waals surface area contributed by atoms with E-state index in [1.807, 2.05) is 61.2 Å². The van der Waals surface area contributed by atoms with Crippen LogP contribution in [0, 0.1) is 10.8 Å². The zero-order valence-electron chi connectivity index (χ0n) is 26.3. The van der Waals surface area contributed by atoms with Crippen LogP contribution in [0.2, 0.25) is 0 Å². The molecule has 0 aliphatic carbocycles. The highest BCUT2D eigenvalue weighted by Gasteiger charge is 2.51. The normalized spacial score (nSPS) is 18.7. The van der Waals surface area contributed by atoms with E-state index in [0.29, 0.717) is 73.9 Å². The van der Waals surface area contributed by atoms with Crippen LogP contribution >= 0.6 is 0 Å². The number of carbonyl (C=O) groups is 2. The lowest BCUT2D eigenvalue weighted by Crippen LogP contribution is -2.51. The monoisotopic (exact) mass is 608 g/mol. The minimum atomic E-state index is -0.470. The number of hydrogen-bond acceptors (Lipinski definition) is 8. The smallest absolute Gasteiger partial charge is 0.255 e. The second-order valence-corrected chi connectivity index (χ2v) is 12.7. The number of anilines is 1. The molecule has 6 rings (SSSR count). The first kappa shape index (κ1) is 30.2.